The number of ether oxygens (including phenoxy) is 1. The van der Waals surface area contributed by atoms with Crippen LogP contribution in [0.15, 0.2) is 34.9 Å². The fraction of sp³-hybridized carbons (Fsp3) is 0.438. The number of rotatable bonds is 7. The van der Waals surface area contributed by atoms with Crippen LogP contribution in [0.3, 0.4) is 0 Å². The molecular weight excluding hydrogens is 252 g/mol. The zero-order chi connectivity index (χ0) is 14.4. The fourth-order valence-corrected chi connectivity index (χ4v) is 1.89. The molecule has 2 aromatic rings. The van der Waals surface area contributed by atoms with Crippen molar-refractivity contribution in [1.82, 2.24) is 10.5 Å². The summed E-state index contributed by atoms with van der Waals surface area (Å²) in [5.41, 5.74) is 2.09. The Balaban J connectivity index is 1.85. The average molecular weight is 274 g/mol. The van der Waals surface area contributed by atoms with Gasteiger partial charge in [0.15, 0.2) is 5.76 Å². The number of nitrogens with zero attached hydrogens (tertiary/aromatic N) is 1. The van der Waals surface area contributed by atoms with Gasteiger partial charge in [-0.25, -0.2) is 0 Å². The summed E-state index contributed by atoms with van der Waals surface area (Å²) < 4.78 is 10.8. The van der Waals surface area contributed by atoms with Gasteiger partial charge in [-0.1, -0.05) is 31.1 Å². The van der Waals surface area contributed by atoms with Crippen LogP contribution in [-0.4, -0.2) is 11.7 Å². The van der Waals surface area contributed by atoms with Crippen molar-refractivity contribution in [1.29, 1.82) is 0 Å². The SMILES string of the molecule is Cc1cc(COc2cccc(CNCC(C)C)c2)on1. The van der Waals surface area contributed by atoms with Gasteiger partial charge in [-0.2, -0.15) is 0 Å². The first kappa shape index (κ1) is 14.6. The number of nitrogens with one attached hydrogen (secondary N) is 1. The van der Waals surface area contributed by atoms with Crippen molar-refractivity contribution in [2.45, 2.75) is 33.9 Å². The zero-order valence-electron chi connectivity index (χ0n) is 12.3. The molecule has 108 valence electrons. The molecule has 1 aromatic heterocycles. The summed E-state index contributed by atoms with van der Waals surface area (Å²) in [6, 6.07) is 9.99. The van der Waals surface area contributed by atoms with Gasteiger partial charge < -0.3 is 14.6 Å². The lowest BCUT2D eigenvalue weighted by molar-refractivity contribution is 0.248. The number of benzene rings is 1. The van der Waals surface area contributed by atoms with Crippen LogP contribution >= 0.6 is 0 Å². The van der Waals surface area contributed by atoms with Gasteiger partial charge in [0.05, 0.1) is 5.69 Å². The molecule has 0 aliphatic rings. The van der Waals surface area contributed by atoms with E-state index in [0.29, 0.717) is 12.5 Å². The predicted molar refractivity (Wildman–Crippen MR) is 78.6 cm³/mol. The molecule has 0 radical (unpaired) electrons. The smallest absolute Gasteiger partial charge is 0.174 e. The van der Waals surface area contributed by atoms with E-state index >= 15 is 0 Å². The van der Waals surface area contributed by atoms with Crippen LogP contribution in [0.2, 0.25) is 0 Å². The van der Waals surface area contributed by atoms with E-state index in [0.717, 1.165) is 30.3 Å². The molecule has 0 bridgehead atoms. The lowest BCUT2D eigenvalue weighted by Crippen LogP contribution is -2.18. The summed E-state index contributed by atoms with van der Waals surface area (Å²) in [7, 11) is 0. The maximum Gasteiger partial charge on any atom is 0.174 e. The Hall–Kier alpha value is -1.81. The minimum Gasteiger partial charge on any atom is -0.486 e. The van der Waals surface area contributed by atoms with Gasteiger partial charge in [0.25, 0.3) is 0 Å². The summed E-state index contributed by atoms with van der Waals surface area (Å²) >= 11 is 0. The monoisotopic (exact) mass is 274 g/mol. The van der Waals surface area contributed by atoms with E-state index < -0.39 is 0 Å². The van der Waals surface area contributed by atoms with Crippen LogP contribution in [0.25, 0.3) is 0 Å². The number of hydrogen-bond acceptors (Lipinski definition) is 4. The van der Waals surface area contributed by atoms with E-state index in [4.69, 9.17) is 9.26 Å². The van der Waals surface area contributed by atoms with Crippen LogP contribution in [0.4, 0.5) is 0 Å². The van der Waals surface area contributed by atoms with E-state index in [1.165, 1.54) is 5.56 Å². The highest BCUT2D eigenvalue weighted by Crippen LogP contribution is 2.15. The molecule has 1 heterocycles. The van der Waals surface area contributed by atoms with E-state index in [9.17, 15) is 0 Å². The van der Waals surface area contributed by atoms with Crippen LogP contribution in [-0.2, 0) is 13.2 Å². The highest BCUT2D eigenvalue weighted by molar-refractivity contribution is 5.28. The van der Waals surface area contributed by atoms with Crippen molar-refractivity contribution in [3.05, 3.63) is 47.3 Å². The highest BCUT2D eigenvalue weighted by atomic mass is 16.5. The molecule has 0 atom stereocenters. The van der Waals surface area contributed by atoms with Gasteiger partial charge in [0.2, 0.25) is 0 Å². The Kier molecular flexibility index (Phi) is 5.18. The van der Waals surface area contributed by atoms with Gasteiger partial charge in [-0.05, 0) is 37.1 Å². The minimum absolute atomic E-state index is 0.406. The van der Waals surface area contributed by atoms with E-state index in [2.05, 4.69) is 36.5 Å². The Morgan fingerprint density at radius 3 is 2.85 bits per heavy atom. The molecule has 0 saturated heterocycles. The van der Waals surface area contributed by atoms with Crippen molar-refractivity contribution in [3.8, 4) is 5.75 Å². The van der Waals surface area contributed by atoms with Crippen LogP contribution < -0.4 is 10.1 Å². The third-order valence-electron chi connectivity index (χ3n) is 2.84. The quantitative estimate of drug-likeness (QED) is 0.841. The standard InChI is InChI=1S/C16H22N2O2/c1-12(2)9-17-10-14-5-4-6-15(8-14)19-11-16-7-13(3)18-20-16/h4-8,12,17H,9-11H2,1-3H3. The second-order valence-electron chi connectivity index (χ2n) is 5.40. The molecule has 1 aromatic carbocycles. The summed E-state index contributed by atoms with van der Waals surface area (Å²) in [6.07, 6.45) is 0. The fourth-order valence-electron chi connectivity index (χ4n) is 1.89. The van der Waals surface area contributed by atoms with Gasteiger partial charge in [-0.3, -0.25) is 0 Å². The van der Waals surface area contributed by atoms with Crippen molar-refractivity contribution in [2.24, 2.45) is 5.92 Å². The summed E-state index contributed by atoms with van der Waals surface area (Å²) in [6.45, 7) is 8.58. The highest BCUT2D eigenvalue weighted by Gasteiger charge is 2.03. The molecule has 0 unspecified atom stereocenters. The van der Waals surface area contributed by atoms with Crippen molar-refractivity contribution in [3.63, 3.8) is 0 Å². The van der Waals surface area contributed by atoms with Crippen LogP contribution in [0.5, 0.6) is 5.75 Å². The van der Waals surface area contributed by atoms with Crippen LogP contribution in [0.1, 0.15) is 30.9 Å². The molecule has 0 spiro atoms. The van der Waals surface area contributed by atoms with Crippen molar-refractivity contribution >= 4 is 0 Å². The largest absolute Gasteiger partial charge is 0.486 e. The third kappa shape index (κ3) is 4.70. The maximum absolute atomic E-state index is 5.71. The Morgan fingerprint density at radius 1 is 1.30 bits per heavy atom. The lowest BCUT2D eigenvalue weighted by atomic mass is 10.2. The molecule has 0 amide bonds. The molecule has 20 heavy (non-hydrogen) atoms. The molecule has 1 N–H and O–H groups in total. The molecule has 0 fully saturated rings. The number of aryl methyl sites for hydroxylation is 1. The molecule has 0 aliphatic heterocycles. The van der Waals surface area contributed by atoms with E-state index in [1.54, 1.807) is 0 Å². The van der Waals surface area contributed by atoms with Crippen molar-refractivity contribution < 1.29 is 9.26 Å². The number of aromatic nitrogens is 1. The second-order valence-corrected chi connectivity index (χ2v) is 5.40. The first-order valence-electron chi connectivity index (χ1n) is 6.98. The zero-order valence-corrected chi connectivity index (χ0v) is 12.3. The summed E-state index contributed by atoms with van der Waals surface area (Å²) in [5.74, 6) is 2.25. The summed E-state index contributed by atoms with van der Waals surface area (Å²) in [5, 5.41) is 7.26. The predicted octanol–water partition coefficient (Wildman–Crippen LogP) is 3.31. The maximum atomic E-state index is 5.71. The van der Waals surface area contributed by atoms with Gasteiger partial charge in [-0.15, -0.1) is 0 Å². The van der Waals surface area contributed by atoms with Gasteiger partial charge in [0, 0.05) is 12.6 Å². The summed E-state index contributed by atoms with van der Waals surface area (Å²) in [4.78, 5) is 0. The molecule has 0 saturated carbocycles. The Morgan fingerprint density at radius 2 is 2.15 bits per heavy atom. The van der Waals surface area contributed by atoms with E-state index in [-0.39, 0.29) is 0 Å². The Labute approximate surface area is 120 Å². The molecule has 2 rings (SSSR count). The first-order valence-corrected chi connectivity index (χ1v) is 6.98. The molecule has 4 nitrogen and oxygen atoms in total. The average Bonchev–Trinajstić information content (AvgIpc) is 2.82. The molecular formula is C16H22N2O2. The molecule has 4 heteroatoms. The van der Waals surface area contributed by atoms with E-state index in [1.807, 2.05) is 25.1 Å². The van der Waals surface area contributed by atoms with Gasteiger partial charge >= 0.3 is 0 Å². The number of hydrogen-bond donors (Lipinski definition) is 1. The second kappa shape index (κ2) is 7.10. The first-order chi connectivity index (χ1) is 9.63. The third-order valence-corrected chi connectivity index (χ3v) is 2.84. The topological polar surface area (TPSA) is 47.3 Å². The Bertz CT molecular complexity index is 535. The lowest BCUT2D eigenvalue weighted by Gasteiger charge is -2.09. The normalized spacial score (nSPS) is 11.0. The minimum atomic E-state index is 0.406. The van der Waals surface area contributed by atoms with Crippen molar-refractivity contribution in [2.75, 3.05) is 6.54 Å². The molecule has 0 aliphatic carbocycles. The van der Waals surface area contributed by atoms with Gasteiger partial charge in [0.1, 0.15) is 12.4 Å². The van der Waals surface area contributed by atoms with Crippen LogP contribution in [0, 0.1) is 12.8 Å².